The van der Waals surface area contributed by atoms with E-state index in [-0.39, 0.29) is 6.04 Å². The van der Waals surface area contributed by atoms with Gasteiger partial charge in [-0.05, 0) is 37.3 Å². The average Bonchev–Trinajstić information content (AvgIpc) is 2.91. The van der Waals surface area contributed by atoms with E-state index in [1.54, 1.807) is 11.3 Å². The quantitative estimate of drug-likeness (QED) is 0.723. The molecule has 3 rings (SSSR count). The van der Waals surface area contributed by atoms with Crippen LogP contribution in [0.4, 0.5) is 5.95 Å². The molecular weight excluding hydrogens is 346 g/mol. The van der Waals surface area contributed by atoms with E-state index in [9.17, 15) is 0 Å². The third kappa shape index (κ3) is 2.26. The Hall–Kier alpha value is -1.04. The summed E-state index contributed by atoms with van der Waals surface area (Å²) < 4.78 is 3.83. The molecular formula is C13H11BrClN3S. The number of thiophene rings is 1. The molecule has 6 heteroatoms. The highest BCUT2D eigenvalue weighted by atomic mass is 79.9. The summed E-state index contributed by atoms with van der Waals surface area (Å²) in [5.74, 6) is 0.519. The minimum atomic E-state index is 0.108. The van der Waals surface area contributed by atoms with Gasteiger partial charge in [0.15, 0.2) is 0 Å². The molecule has 0 saturated heterocycles. The van der Waals surface area contributed by atoms with E-state index in [0.29, 0.717) is 5.95 Å². The van der Waals surface area contributed by atoms with E-state index in [1.807, 2.05) is 34.9 Å². The molecule has 2 aromatic heterocycles. The van der Waals surface area contributed by atoms with E-state index in [1.165, 1.54) is 0 Å². The van der Waals surface area contributed by atoms with E-state index in [0.717, 1.165) is 24.7 Å². The summed E-state index contributed by atoms with van der Waals surface area (Å²) in [7, 11) is 0. The van der Waals surface area contributed by atoms with Crippen molar-refractivity contribution in [1.29, 1.82) is 0 Å². The lowest BCUT2D eigenvalue weighted by Gasteiger charge is -2.14. The standard InChI is InChI=1S/C13H11BrClN3S/c1-7(11-4-5-12(15)19-11)18-10-6-8(14)2-3-9(10)17-13(18)16/h2-7H,1H3,(H2,16,17). The summed E-state index contributed by atoms with van der Waals surface area (Å²) in [4.78, 5) is 5.56. The van der Waals surface area contributed by atoms with Gasteiger partial charge in [-0.3, -0.25) is 0 Å². The van der Waals surface area contributed by atoms with Crippen LogP contribution < -0.4 is 5.73 Å². The van der Waals surface area contributed by atoms with Crippen LogP contribution in [0.15, 0.2) is 34.8 Å². The normalized spacial score (nSPS) is 13.0. The molecule has 0 aliphatic carbocycles. The van der Waals surface area contributed by atoms with Crippen LogP contribution >= 0.6 is 38.9 Å². The van der Waals surface area contributed by atoms with Crippen molar-refractivity contribution in [2.24, 2.45) is 0 Å². The first-order valence-electron chi connectivity index (χ1n) is 5.74. The van der Waals surface area contributed by atoms with Crippen molar-refractivity contribution in [2.75, 3.05) is 5.73 Å². The molecule has 98 valence electrons. The van der Waals surface area contributed by atoms with Gasteiger partial charge >= 0.3 is 0 Å². The number of benzene rings is 1. The summed E-state index contributed by atoms with van der Waals surface area (Å²) in [6.45, 7) is 2.10. The first-order chi connectivity index (χ1) is 9.06. The second kappa shape index (κ2) is 4.81. The Labute approximate surface area is 128 Å². The highest BCUT2D eigenvalue weighted by Gasteiger charge is 2.17. The third-order valence-electron chi connectivity index (χ3n) is 3.07. The molecule has 2 heterocycles. The first-order valence-corrected chi connectivity index (χ1v) is 7.73. The Morgan fingerprint density at radius 1 is 1.37 bits per heavy atom. The first kappa shape index (κ1) is 13.0. The minimum Gasteiger partial charge on any atom is -0.369 e. The van der Waals surface area contributed by atoms with Crippen molar-refractivity contribution in [1.82, 2.24) is 9.55 Å². The molecule has 0 saturated carbocycles. The van der Waals surface area contributed by atoms with Crippen molar-refractivity contribution in [2.45, 2.75) is 13.0 Å². The number of rotatable bonds is 2. The topological polar surface area (TPSA) is 43.8 Å². The van der Waals surface area contributed by atoms with E-state index < -0.39 is 0 Å². The average molecular weight is 357 g/mol. The van der Waals surface area contributed by atoms with Crippen LogP contribution in [0.1, 0.15) is 17.8 Å². The number of fused-ring (bicyclic) bond motifs is 1. The SMILES string of the molecule is CC(c1ccc(Cl)s1)n1c(N)nc2ccc(Br)cc21. The van der Waals surface area contributed by atoms with Crippen LogP contribution in [-0.2, 0) is 0 Å². The zero-order chi connectivity index (χ0) is 13.6. The zero-order valence-corrected chi connectivity index (χ0v) is 13.3. The van der Waals surface area contributed by atoms with Crippen LogP contribution in [0.3, 0.4) is 0 Å². The molecule has 0 aliphatic heterocycles. The van der Waals surface area contributed by atoms with Crippen molar-refractivity contribution in [3.63, 3.8) is 0 Å². The van der Waals surface area contributed by atoms with Gasteiger partial charge in [-0.1, -0.05) is 27.5 Å². The smallest absolute Gasteiger partial charge is 0.201 e. The molecule has 1 atom stereocenters. The number of hydrogen-bond donors (Lipinski definition) is 1. The predicted molar refractivity (Wildman–Crippen MR) is 85.0 cm³/mol. The maximum atomic E-state index is 6.06. The molecule has 0 spiro atoms. The maximum absolute atomic E-state index is 6.06. The number of nitrogen functional groups attached to an aromatic ring is 1. The highest BCUT2D eigenvalue weighted by Crippen LogP contribution is 2.33. The Balaban J connectivity index is 2.18. The third-order valence-corrected chi connectivity index (χ3v) is 4.97. The number of nitrogens with zero attached hydrogens (tertiary/aromatic N) is 2. The fourth-order valence-corrected chi connectivity index (χ4v) is 3.62. The van der Waals surface area contributed by atoms with Gasteiger partial charge in [-0.25, -0.2) is 4.98 Å². The second-order valence-corrected chi connectivity index (χ2v) is 6.95. The Morgan fingerprint density at radius 3 is 2.84 bits per heavy atom. The number of anilines is 1. The van der Waals surface area contributed by atoms with Gasteiger partial charge in [-0.15, -0.1) is 11.3 Å². The summed E-state index contributed by atoms with van der Waals surface area (Å²) in [6.07, 6.45) is 0. The van der Waals surface area contributed by atoms with Crippen LogP contribution in [0.25, 0.3) is 11.0 Å². The van der Waals surface area contributed by atoms with Crippen LogP contribution in [0, 0.1) is 0 Å². The monoisotopic (exact) mass is 355 g/mol. The van der Waals surface area contributed by atoms with E-state index >= 15 is 0 Å². The lowest BCUT2D eigenvalue weighted by atomic mass is 10.2. The summed E-state index contributed by atoms with van der Waals surface area (Å²) in [5.41, 5.74) is 7.97. The zero-order valence-electron chi connectivity index (χ0n) is 10.1. The Morgan fingerprint density at radius 2 is 2.16 bits per heavy atom. The largest absolute Gasteiger partial charge is 0.369 e. The number of halogens is 2. The molecule has 0 radical (unpaired) electrons. The number of imidazole rings is 1. The lowest BCUT2D eigenvalue weighted by Crippen LogP contribution is -2.08. The van der Waals surface area contributed by atoms with Crippen LogP contribution in [-0.4, -0.2) is 9.55 Å². The van der Waals surface area contributed by atoms with Gasteiger partial charge in [0, 0.05) is 9.35 Å². The molecule has 1 aromatic carbocycles. The van der Waals surface area contributed by atoms with E-state index in [2.05, 4.69) is 27.8 Å². The van der Waals surface area contributed by atoms with E-state index in [4.69, 9.17) is 17.3 Å². The van der Waals surface area contributed by atoms with Crippen LogP contribution in [0.2, 0.25) is 4.34 Å². The van der Waals surface area contributed by atoms with Crippen molar-refractivity contribution in [3.8, 4) is 0 Å². The van der Waals surface area contributed by atoms with Gasteiger partial charge in [0.2, 0.25) is 5.95 Å². The fourth-order valence-electron chi connectivity index (χ4n) is 2.17. The highest BCUT2D eigenvalue weighted by molar-refractivity contribution is 9.10. The summed E-state index contributed by atoms with van der Waals surface area (Å²) in [5, 5.41) is 0. The number of hydrogen-bond acceptors (Lipinski definition) is 3. The maximum Gasteiger partial charge on any atom is 0.201 e. The Bertz CT molecular complexity index is 750. The van der Waals surface area contributed by atoms with Gasteiger partial charge in [0.05, 0.1) is 21.4 Å². The molecule has 0 aliphatic rings. The van der Waals surface area contributed by atoms with Crippen molar-refractivity contribution >= 4 is 55.8 Å². The molecule has 3 nitrogen and oxygen atoms in total. The van der Waals surface area contributed by atoms with Gasteiger partial charge in [0.25, 0.3) is 0 Å². The molecule has 2 N–H and O–H groups in total. The van der Waals surface area contributed by atoms with Gasteiger partial charge in [-0.2, -0.15) is 0 Å². The molecule has 3 aromatic rings. The molecule has 1 unspecified atom stereocenters. The summed E-state index contributed by atoms with van der Waals surface area (Å²) >= 11 is 11.1. The van der Waals surface area contributed by atoms with Crippen molar-refractivity contribution < 1.29 is 0 Å². The molecule has 0 bridgehead atoms. The lowest BCUT2D eigenvalue weighted by molar-refractivity contribution is 0.680. The fraction of sp³-hybridized carbons (Fsp3) is 0.154. The second-order valence-electron chi connectivity index (χ2n) is 4.29. The van der Waals surface area contributed by atoms with Crippen molar-refractivity contribution in [3.05, 3.63) is 44.0 Å². The molecule has 0 fully saturated rings. The molecule has 0 amide bonds. The Kier molecular flexibility index (Phi) is 3.28. The summed E-state index contributed by atoms with van der Waals surface area (Å²) in [6, 6.07) is 10.00. The number of aromatic nitrogens is 2. The van der Waals surface area contributed by atoms with Gasteiger partial charge < -0.3 is 10.3 Å². The predicted octanol–water partition coefficient (Wildman–Crippen LogP) is 4.71. The number of nitrogens with two attached hydrogens (primary N) is 1. The van der Waals surface area contributed by atoms with Gasteiger partial charge in [0.1, 0.15) is 0 Å². The van der Waals surface area contributed by atoms with Crippen LogP contribution in [0.5, 0.6) is 0 Å². The molecule has 19 heavy (non-hydrogen) atoms. The minimum absolute atomic E-state index is 0.108.